The molecule has 2 nitrogen and oxygen atoms in total. The second-order valence-corrected chi connectivity index (χ2v) is 15.3. The summed E-state index contributed by atoms with van der Waals surface area (Å²) >= 11 is 0. The van der Waals surface area contributed by atoms with Crippen LogP contribution in [0.15, 0.2) is 132 Å². The van der Waals surface area contributed by atoms with E-state index in [0.29, 0.717) is 0 Å². The predicted octanol–water partition coefficient (Wildman–Crippen LogP) is 12.1. The third-order valence-corrected chi connectivity index (χ3v) is 13.2. The van der Waals surface area contributed by atoms with Gasteiger partial charge in [0.2, 0.25) is 0 Å². The van der Waals surface area contributed by atoms with E-state index in [4.69, 9.17) is 4.42 Å². The minimum absolute atomic E-state index is 0.200. The molecule has 0 aliphatic heterocycles. The summed E-state index contributed by atoms with van der Waals surface area (Å²) in [5.41, 5.74) is 14.5. The molecular weight excluding hydrogens is 583 g/mol. The number of para-hydroxylation sites is 2. The fraction of sp³-hybridized carbons (Fsp3) is 0.217. The summed E-state index contributed by atoms with van der Waals surface area (Å²) in [5.74, 6) is 3.47. The molecule has 5 aliphatic carbocycles. The van der Waals surface area contributed by atoms with E-state index >= 15 is 0 Å². The highest BCUT2D eigenvalue weighted by molar-refractivity contribution is 6.15. The van der Waals surface area contributed by atoms with Crippen molar-refractivity contribution in [2.45, 2.75) is 37.5 Å². The summed E-state index contributed by atoms with van der Waals surface area (Å²) in [6, 6.07) is 47.8. The molecule has 0 amide bonds. The molecule has 5 aliphatic rings. The topological polar surface area (TPSA) is 18.1 Å². The van der Waals surface area contributed by atoms with Crippen LogP contribution in [-0.2, 0) is 5.41 Å². The number of rotatable bonds is 2. The Balaban J connectivity index is 1.07. The van der Waals surface area contributed by atoms with Crippen LogP contribution in [0.3, 0.4) is 0 Å². The summed E-state index contributed by atoms with van der Waals surface area (Å²) in [4.78, 5) is 0. The third-order valence-electron chi connectivity index (χ3n) is 13.2. The molecule has 0 N–H and O–H groups in total. The average Bonchev–Trinajstić information content (AvgIpc) is 3.76. The van der Waals surface area contributed by atoms with Crippen LogP contribution in [-0.4, -0.2) is 4.57 Å². The van der Waals surface area contributed by atoms with E-state index in [0.717, 1.165) is 34.8 Å². The first-order chi connectivity index (χ1) is 23.8. The van der Waals surface area contributed by atoms with Crippen LogP contribution in [0.4, 0.5) is 0 Å². The lowest BCUT2D eigenvalue weighted by Gasteiger charge is -2.61. The van der Waals surface area contributed by atoms with Crippen molar-refractivity contribution in [2.24, 2.45) is 23.7 Å². The lowest BCUT2D eigenvalue weighted by molar-refractivity contribution is -0.0399. The van der Waals surface area contributed by atoms with Crippen molar-refractivity contribution in [1.29, 1.82) is 0 Å². The smallest absolute Gasteiger partial charge is 0.136 e. The summed E-state index contributed by atoms with van der Waals surface area (Å²) in [6.45, 7) is 0. The quantitative estimate of drug-likeness (QED) is 0.189. The van der Waals surface area contributed by atoms with Crippen molar-refractivity contribution in [1.82, 2.24) is 4.57 Å². The standard InChI is InChI=1S/C46H35NO/c1-4-12-39-34(8-1)37-26-32(17-18-40(37)46(39)30-21-27-20-28(23-30)24-31(46)22-27)47-41-13-5-2-9-35(41)38-25-29(16-19-42(38)47)33-11-7-15-44-45(33)36-10-3-6-14-43(36)48-44/h1-19,25-28,30-31H,20-24H2. The molecule has 0 atom stereocenters. The Morgan fingerprint density at radius 3 is 2.06 bits per heavy atom. The fourth-order valence-corrected chi connectivity index (χ4v) is 11.7. The number of aromatic nitrogens is 1. The zero-order valence-corrected chi connectivity index (χ0v) is 26.8. The Labute approximate surface area is 279 Å². The summed E-state index contributed by atoms with van der Waals surface area (Å²) in [5, 5.41) is 4.93. The number of benzene rings is 6. The van der Waals surface area contributed by atoms with Crippen LogP contribution in [0.5, 0.6) is 0 Å². The minimum Gasteiger partial charge on any atom is -0.456 e. The van der Waals surface area contributed by atoms with Crippen LogP contribution in [0.25, 0.3) is 71.7 Å². The molecule has 4 fully saturated rings. The van der Waals surface area contributed by atoms with Gasteiger partial charge in [0.1, 0.15) is 11.2 Å². The molecule has 2 heterocycles. The zero-order chi connectivity index (χ0) is 31.1. The summed E-state index contributed by atoms with van der Waals surface area (Å²) in [7, 11) is 0. The maximum Gasteiger partial charge on any atom is 0.136 e. The number of hydrogen-bond acceptors (Lipinski definition) is 1. The van der Waals surface area contributed by atoms with Crippen molar-refractivity contribution >= 4 is 43.7 Å². The molecule has 230 valence electrons. The van der Waals surface area contributed by atoms with Crippen LogP contribution in [0.2, 0.25) is 0 Å². The highest BCUT2D eigenvalue weighted by Crippen LogP contribution is 2.69. The van der Waals surface area contributed by atoms with Crippen molar-refractivity contribution in [2.75, 3.05) is 0 Å². The molecule has 6 aromatic carbocycles. The minimum atomic E-state index is 0.200. The van der Waals surface area contributed by atoms with E-state index < -0.39 is 0 Å². The lowest BCUT2D eigenvalue weighted by atomic mass is 9.43. The molecule has 2 aromatic heterocycles. The van der Waals surface area contributed by atoms with E-state index in [9.17, 15) is 0 Å². The summed E-state index contributed by atoms with van der Waals surface area (Å²) in [6.07, 6.45) is 7.15. The highest BCUT2D eigenvalue weighted by Gasteiger charge is 2.61. The highest BCUT2D eigenvalue weighted by atomic mass is 16.3. The van der Waals surface area contributed by atoms with E-state index in [1.165, 1.54) is 92.6 Å². The molecule has 1 spiro atoms. The van der Waals surface area contributed by atoms with Crippen LogP contribution >= 0.6 is 0 Å². The molecule has 4 saturated carbocycles. The molecular formula is C46H35NO. The van der Waals surface area contributed by atoms with Crippen LogP contribution in [0, 0.1) is 23.7 Å². The average molecular weight is 618 g/mol. The predicted molar refractivity (Wildman–Crippen MR) is 197 cm³/mol. The lowest BCUT2D eigenvalue weighted by Crippen LogP contribution is -2.55. The SMILES string of the molecule is c1ccc2c(c1)-c1cc(-n3c4ccccc4c4cc(-c5cccc6oc7ccccc7c56)ccc43)ccc1C21C2CC3CC(C2)CC1C3. The van der Waals surface area contributed by atoms with E-state index in [1.807, 2.05) is 6.07 Å². The first-order valence-corrected chi connectivity index (χ1v) is 17.9. The molecule has 0 unspecified atom stereocenters. The Morgan fingerprint density at radius 1 is 0.500 bits per heavy atom. The fourth-order valence-electron chi connectivity index (χ4n) is 11.7. The van der Waals surface area contributed by atoms with E-state index in [2.05, 4.69) is 126 Å². The number of nitrogens with zero attached hydrogens (tertiary/aromatic N) is 1. The Hall–Kier alpha value is -5.08. The van der Waals surface area contributed by atoms with E-state index in [-0.39, 0.29) is 5.41 Å². The second kappa shape index (κ2) is 9.08. The van der Waals surface area contributed by atoms with Gasteiger partial charge in [-0.25, -0.2) is 0 Å². The number of hydrogen-bond donors (Lipinski definition) is 0. The van der Waals surface area contributed by atoms with Gasteiger partial charge in [-0.2, -0.15) is 0 Å². The van der Waals surface area contributed by atoms with Gasteiger partial charge in [0.25, 0.3) is 0 Å². The molecule has 13 rings (SSSR count). The normalized spacial score (nSPS) is 25.2. The monoisotopic (exact) mass is 617 g/mol. The van der Waals surface area contributed by atoms with Crippen LogP contribution < -0.4 is 0 Å². The Kier molecular flexibility index (Phi) is 4.91. The van der Waals surface area contributed by atoms with Crippen molar-refractivity contribution in [3.8, 4) is 27.9 Å². The molecule has 8 aromatic rings. The molecule has 0 radical (unpaired) electrons. The Bertz CT molecular complexity index is 2620. The first-order valence-electron chi connectivity index (χ1n) is 17.9. The van der Waals surface area contributed by atoms with Gasteiger partial charge in [0, 0.05) is 32.6 Å². The van der Waals surface area contributed by atoms with Crippen LogP contribution in [0.1, 0.15) is 43.2 Å². The first kappa shape index (κ1) is 25.9. The zero-order valence-electron chi connectivity index (χ0n) is 26.8. The van der Waals surface area contributed by atoms with Crippen molar-refractivity contribution < 1.29 is 4.42 Å². The van der Waals surface area contributed by atoms with Gasteiger partial charge in [-0.1, -0.05) is 84.9 Å². The van der Waals surface area contributed by atoms with Gasteiger partial charge >= 0.3 is 0 Å². The maximum atomic E-state index is 6.26. The number of furan rings is 1. The molecule has 0 saturated heterocycles. The largest absolute Gasteiger partial charge is 0.456 e. The molecule has 48 heavy (non-hydrogen) atoms. The second-order valence-electron chi connectivity index (χ2n) is 15.3. The van der Waals surface area contributed by atoms with Gasteiger partial charge < -0.3 is 8.98 Å². The number of fused-ring (bicyclic) bond motifs is 9. The van der Waals surface area contributed by atoms with E-state index in [1.54, 1.807) is 11.1 Å². The molecule has 2 heteroatoms. The van der Waals surface area contributed by atoms with Gasteiger partial charge in [-0.05, 0) is 132 Å². The third kappa shape index (κ3) is 3.15. The van der Waals surface area contributed by atoms with Crippen molar-refractivity contribution in [3.63, 3.8) is 0 Å². The van der Waals surface area contributed by atoms with Gasteiger partial charge in [-0.3, -0.25) is 0 Å². The van der Waals surface area contributed by atoms with Gasteiger partial charge in [0.15, 0.2) is 0 Å². The summed E-state index contributed by atoms with van der Waals surface area (Å²) < 4.78 is 8.77. The van der Waals surface area contributed by atoms with Crippen molar-refractivity contribution in [3.05, 3.63) is 139 Å². The van der Waals surface area contributed by atoms with Gasteiger partial charge in [0.05, 0.1) is 11.0 Å². The Morgan fingerprint density at radius 2 is 1.19 bits per heavy atom. The maximum absolute atomic E-state index is 6.26. The van der Waals surface area contributed by atoms with Gasteiger partial charge in [-0.15, -0.1) is 0 Å². The molecule has 4 bridgehead atoms.